The number of hydrogen-bond donors (Lipinski definition) is 2. The van der Waals surface area contributed by atoms with E-state index in [1.54, 1.807) is 11.7 Å². The number of nitrogens with one attached hydrogen (secondary N) is 1. The van der Waals surface area contributed by atoms with E-state index in [9.17, 15) is 4.79 Å². The molecular formula is C28H36N8O3. The van der Waals surface area contributed by atoms with Gasteiger partial charge < -0.3 is 20.1 Å². The average molecular weight is 533 g/mol. The largest absolute Gasteiger partial charge is 0.479 e. The Kier molecular flexibility index (Phi) is 7.16. The quantitative estimate of drug-likeness (QED) is 0.494. The predicted molar refractivity (Wildman–Crippen MR) is 150 cm³/mol. The molecule has 3 N–H and O–H groups in total. The maximum atomic E-state index is 13.4. The lowest BCUT2D eigenvalue weighted by Crippen LogP contribution is -2.43. The van der Waals surface area contributed by atoms with E-state index in [2.05, 4.69) is 20.3 Å². The fraction of sp³-hybridized carbons (Fsp3) is 0.464. The van der Waals surface area contributed by atoms with Gasteiger partial charge >= 0.3 is 0 Å². The Bertz CT molecular complexity index is 1510. The summed E-state index contributed by atoms with van der Waals surface area (Å²) in [5.74, 6) is 0.977. The maximum Gasteiger partial charge on any atom is 0.226 e. The van der Waals surface area contributed by atoms with Crippen molar-refractivity contribution in [1.82, 2.24) is 29.9 Å². The maximum absolute atomic E-state index is 13.4. The lowest BCUT2D eigenvalue weighted by atomic mass is 10.1. The summed E-state index contributed by atoms with van der Waals surface area (Å²) < 4.78 is 13.9. The van der Waals surface area contributed by atoms with Gasteiger partial charge in [-0.15, -0.1) is 0 Å². The average Bonchev–Trinajstić information content (AvgIpc) is 3.60. The molecule has 39 heavy (non-hydrogen) atoms. The van der Waals surface area contributed by atoms with E-state index in [4.69, 9.17) is 20.2 Å². The van der Waals surface area contributed by atoms with Crippen molar-refractivity contribution in [3.05, 3.63) is 40.7 Å². The van der Waals surface area contributed by atoms with E-state index < -0.39 is 0 Å². The monoisotopic (exact) mass is 532 g/mol. The summed E-state index contributed by atoms with van der Waals surface area (Å²) in [5, 5.41) is 13.2. The molecule has 1 aliphatic heterocycles. The zero-order chi connectivity index (χ0) is 27.8. The number of ether oxygens (including phenoxy) is 2. The van der Waals surface area contributed by atoms with Crippen molar-refractivity contribution in [3.8, 4) is 17.1 Å². The number of carbonyl (C=O) groups excluding carboxylic acids is 1. The van der Waals surface area contributed by atoms with Gasteiger partial charge in [-0.05, 0) is 58.8 Å². The molecule has 0 spiro atoms. The summed E-state index contributed by atoms with van der Waals surface area (Å²) in [4.78, 5) is 24.6. The third kappa shape index (κ3) is 5.13. The van der Waals surface area contributed by atoms with Gasteiger partial charge in [-0.3, -0.25) is 19.9 Å². The number of amides is 1. The Morgan fingerprint density at radius 1 is 1.28 bits per heavy atom. The van der Waals surface area contributed by atoms with Crippen LogP contribution in [0.25, 0.3) is 28.2 Å². The van der Waals surface area contributed by atoms with Crippen molar-refractivity contribution >= 4 is 28.6 Å². The van der Waals surface area contributed by atoms with E-state index in [-0.39, 0.29) is 30.4 Å². The standard InChI is InChI=1S/C28H36N8O3/c1-7-38-26(29)19-10-11-21-20-12-22(31-17(4)25(20)33-32-21)24-16(3)34-35(6)28(24)39-15(2)13-36(14-23(19)30-5)27(37)18-8-9-18/h10-12,15,18H,7-9,13-14,29H2,1-6H3,(H,32,33)/b11-10+,26-19+,30-23?. The van der Waals surface area contributed by atoms with Gasteiger partial charge in [0.15, 0.2) is 5.88 Å². The number of H-pyrrole nitrogens is 1. The van der Waals surface area contributed by atoms with Gasteiger partial charge in [0.1, 0.15) is 11.6 Å². The Morgan fingerprint density at radius 3 is 2.74 bits per heavy atom. The number of nitrogens with zero attached hydrogens (tertiary/aromatic N) is 6. The van der Waals surface area contributed by atoms with Crippen LogP contribution in [-0.2, 0) is 16.6 Å². The number of allylic oxidation sites excluding steroid dienone is 1. The first-order chi connectivity index (χ1) is 18.7. The Morgan fingerprint density at radius 2 is 2.05 bits per heavy atom. The molecule has 11 nitrogen and oxygen atoms in total. The van der Waals surface area contributed by atoms with Gasteiger partial charge in [0, 0.05) is 25.4 Å². The summed E-state index contributed by atoms with van der Waals surface area (Å²) in [6, 6.07) is 2.00. The number of rotatable bonds is 3. The normalized spacial score (nSPS) is 21.3. The number of aromatic nitrogens is 5. The van der Waals surface area contributed by atoms with Crippen LogP contribution in [0.2, 0.25) is 0 Å². The summed E-state index contributed by atoms with van der Waals surface area (Å²) >= 11 is 0. The second-order valence-electron chi connectivity index (χ2n) is 10.2. The predicted octanol–water partition coefficient (Wildman–Crippen LogP) is 3.29. The highest BCUT2D eigenvalue weighted by Gasteiger charge is 2.35. The Balaban J connectivity index is 1.72. The number of pyridine rings is 1. The molecule has 3 aromatic rings. The fourth-order valence-corrected chi connectivity index (χ4v) is 5.05. The SMILES string of the molecule is CCO/C(N)=C1\C=C\c2[nH]nc3c(C)nc(cc23)-c2c(C)nn(C)c2OC(C)CN(C(=O)C2CC2)CC1=NC. The van der Waals surface area contributed by atoms with Crippen molar-refractivity contribution in [3.63, 3.8) is 0 Å². The number of hydrogen-bond acceptors (Lipinski definition) is 8. The zero-order valence-corrected chi connectivity index (χ0v) is 23.4. The van der Waals surface area contributed by atoms with E-state index >= 15 is 0 Å². The smallest absolute Gasteiger partial charge is 0.226 e. The molecule has 1 aliphatic carbocycles. The second kappa shape index (κ2) is 10.5. The minimum Gasteiger partial charge on any atom is -0.479 e. The highest BCUT2D eigenvalue weighted by Crippen LogP contribution is 2.36. The van der Waals surface area contributed by atoms with Gasteiger partial charge in [-0.1, -0.05) is 0 Å². The topological polar surface area (TPSA) is 137 Å². The Hall–Kier alpha value is -4.15. The molecular weight excluding hydrogens is 496 g/mol. The van der Waals surface area contributed by atoms with Crippen LogP contribution in [0.4, 0.5) is 0 Å². The molecule has 1 atom stereocenters. The van der Waals surface area contributed by atoms with Crippen LogP contribution in [0.15, 0.2) is 28.6 Å². The molecule has 0 saturated heterocycles. The third-order valence-corrected chi connectivity index (χ3v) is 7.10. The first-order valence-corrected chi connectivity index (χ1v) is 13.3. The summed E-state index contributed by atoms with van der Waals surface area (Å²) in [7, 11) is 3.56. The van der Waals surface area contributed by atoms with Crippen LogP contribution in [0.3, 0.4) is 0 Å². The number of aromatic amines is 1. The number of aryl methyl sites for hydroxylation is 3. The van der Waals surface area contributed by atoms with E-state index in [1.807, 2.05) is 57.9 Å². The summed E-state index contributed by atoms with van der Waals surface area (Å²) in [6.45, 7) is 8.77. The molecule has 4 heterocycles. The van der Waals surface area contributed by atoms with Crippen molar-refractivity contribution in [2.75, 3.05) is 26.7 Å². The van der Waals surface area contributed by atoms with Gasteiger partial charge in [-0.25, -0.2) is 4.68 Å². The molecule has 0 radical (unpaired) electrons. The second-order valence-corrected chi connectivity index (χ2v) is 10.2. The van der Waals surface area contributed by atoms with E-state index in [1.165, 1.54) is 0 Å². The van der Waals surface area contributed by atoms with E-state index in [0.717, 1.165) is 52.1 Å². The van der Waals surface area contributed by atoms with Crippen LogP contribution < -0.4 is 10.5 Å². The minimum absolute atomic E-state index is 0.0334. The molecule has 5 rings (SSSR count). The summed E-state index contributed by atoms with van der Waals surface area (Å²) in [6.07, 6.45) is 5.25. The molecule has 3 aromatic heterocycles. The lowest BCUT2D eigenvalue weighted by molar-refractivity contribution is -0.132. The van der Waals surface area contributed by atoms with Gasteiger partial charge in [0.05, 0.1) is 59.3 Å². The highest BCUT2D eigenvalue weighted by atomic mass is 16.5. The molecule has 2 aliphatic rings. The first-order valence-electron chi connectivity index (χ1n) is 13.3. The number of fused-ring (bicyclic) bond motifs is 3. The van der Waals surface area contributed by atoms with Gasteiger partial charge in [0.25, 0.3) is 0 Å². The highest BCUT2D eigenvalue weighted by molar-refractivity contribution is 6.06. The zero-order valence-electron chi connectivity index (χ0n) is 23.4. The van der Waals surface area contributed by atoms with Crippen molar-refractivity contribution < 1.29 is 14.3 Å². The van der Waals surface area contributed by atoms with Crippen LogP contribution in [0.5, 0.6) is 5.88 Å². The van der Waals surface area contributed by atoms with Gasteiger partial charge in [-0.2, -0.15) is 10.2 Å². The molecule has 2 bridgehead atoms. The van der Waals surface area contributed by atoms with Gasteiger partial charge in [0.2, 0.25) is 11.8 Å². The fourth-order valence-electron chi connectivity index (χ4n) is 5.05. The third-order valence-electron chi connectivity index (χ3n) is 7.10. The van der Waals surface area contributed by atoms with E-state index in [0.29, 0.717) is 30.3 Å². The molecule has 1 amide bonds. The molecule has 1 unspecified atom stereocenters. The van der Waals surface area contributed by atoms with Crippen LogP contribution in [-0.4, -0.2) is 74.3 Å². The van der Waals surface area contributed by atoms with Crippen molar-refractivity contribution in [1.29, 1.82) is 0 Å². The lowest BCUT2D eigenvalue weighted by Gasteiger charge is -2.28. The number of nitrogens with two attached hydrogens (primary N) is 1. The van der Waals surface area contributed by atoms with Crippen molar-refractivity contribution in [2.24, 2.45) is 23.7 Å². The minimum atomic E-state index is -0.328. The van der Waals surface area contributed by atoms with Crippen LogP contribution in [0, 0.1) is 19.8 Å². The molecule has 1 fully saturated rings. The first kappa shape index (κ1) is 26.5. The number of aliphatic imine (C=N–C) groups is 1. The molecule has 1 saturated carbocycles. The molecule has 11 heteroatoms. The van der Waals surface area contributed by atoms with Crippen LogP contribution in [0.1, 0.15) is 43.8 Å². The number of carbonyl (C=O) groups is 1. The van der Waals surface area contributed by atoms with Crippen molar-refractivity contribution in [2.45, 2.75) is 46.6 Å². The molecule has 0 aromatic carbocycles. The molecule has 206 valence electrons. The van der Waals surface area contributed by atoms with Crippen LogP contribution >= 0.6 is 0 Å². The summed E-state index contributed by atoms with van der Waals surface area (Å²) in [5.41, 5.74) is 12.4. The Labute approximate surface area is 227 Å².